The number of carbonyl (C=O) groups is 3. The van der Waals surface area contributed by atoms with Gasteiger partial charge in [0.05, 0.1) is 24.4 Å². The first-order valence-corrected chi connectivity index (χ1v) is 16.4. The highest BCUT2D eigenvalue weighted by atomic mass is 16.5. The summed E-state index contributed by atoms with van der Waals surface area (Å²) in [4.78, 5) is 50.6. The predicted molar refractivity (Wildman–Crippen MR) is 190 cm³/mol. The molecule has 14 nitrogen and oxygen atoms in total. The lowest BCUT2D eigenvalue weighted by Gasteiger charge is -2.36. The molecule has 5 N–H and O–H groups in total. The van der Waals surface area contributed by atoms with Crippen LogP contribution < -0.4 is 31.3 Å². The molecule has 1 fully saturated rings. The summed E-state index contributed by atoms with van der Waals surface area (Å²) in [5, 5.41) is 20.9. The summed E-state index contributed by atoms with van der Waals surface area (Å²) >= 11 is 0. The Balaban J connectivity index is 1.26. The van der Waals surface area contributed by atoms with Gasteiger partial charge in [0.15, 0.2) is 0 Å². The predicted octanol–water partition coefficient (Wildman–Crippen LogP) is 4.24. The van der Waals surface area contributed by atoms with Crippen LogP contribution in [0.4, 0.5) is 28.8 Å². The van der Waals surface area contributed by atoms with E-state index in [9.17, 15) is 14.4 Å². The average molecular weight is 671 g/mol. The van der Waals surface area contributed by atoms with E-state index in [1.807, 2.05) is 57.6 Å². The summed E-state index contributed by atoms with van der Waals surface area (Å²) in [5.41, 5.74) is 3.37. The van der Waals surface area contributed by atoms with Crippen LogP contribution in [0.5, 0.6) is 5.75 Å². The molecule has 49 heavy (non-hydrogen) atoms. The maximum atomic E-state index is 13.8. The second-order valence-electron chi connectivity index (χ2n) is 13.4. The Morgan fingerprint density at radius 2 is 1.80 bits per heavy atom. The van der Waals surface area contributed by atoms with Crippen molar-refractivity contribution in [1.82, 2.24) is 35.3 Å². The number of nitrogens with zero attached hydrogens (tertiary/aromatic N) is 5. The fourth-order valence-electron chi connectivity index (χ4n) is 5.78. The normalized spacial score (nSPS) is 15.8. The number of likely N-dealkylation sites (tertiary alicyclic amines) is 1. The number of hydrogen-bond acceptors (Lipinski definition) is 10. The van der Waals surface area contributed by atoms with Crippen molar-refractivity contribution in [2.75, 3.05) is 36.7 Å². The molecule has 5 rings (SSSR count). The van der Waals surface area contributed by atoms with Crippen LogP contribution in [0.15, 0.2) is 48.7 Å². The van der Waals surface area contributed by atoms with Gasteiger partial charge in [0.2, 0.25) is 23.7 Å². The molecule has 3 heterocycles. The van der Waals surface area contributed by atoms with Crippen molar-refractivity contribution in [1.29, 1.82) is 0 Å². The molecule has 2 aromatic heterocycles. The van der Waals surface area contributed by atoms with Gasteiger partial charge < -0.3 is 36.2 Å². The molecular formula is C35H46N10O4. The minimum Gasteiger partial charge on any atom is -0.494 e. The summed E-state index contributed by atoms with van der Waals surface area (Å²) < 4.78 is 7.49. The molecule has 0 aliphatic carbocycles. The number of aromatic nitrogens is 4. The summed E-state index contributed by atoms with van der Waals surface area (Å²) in [6.45, 7) is 9.88. The minimum absolute atomic E-state index is 0.275. The lowest BCUT2D eigenvalue weighted by atomic mass is 9.85. The van der Waals surface area contributed by atoms with Gasteiger partial charge in [-0.3, -0.25) is 19.1 Å². The smallest absolute Gasteiger partial charge is 0.247 e. The number of hydrogen-bond donors (Lipinski definition) is 5. The molecule has 0 spiro atoms. The Morgan fingerprint density at radius 3 is 2.51 bits per heavy atom. The number of fused-ring (bicyclic) bond motifs is 1. The number of amides is 3. The molecule has 3 amide bonds. The number of ether oxygens (including phenoxy) is 1. The van der Waals surface area contributed by atoms with Crippen molar-refractivity contribution in [2.24, 2.45) is 12.5 Å². The van der Waals surface area contributed by atoms with Crippen molar-refractivity contribution < 1.29 is 19.1 Å². The van der Waals surface area contributed by atoms with E-state index >= 15 is 0 Å². The zero-order chi connectivity index (χ0) is 35.5. The first kappa shape index (κ1) is 35.1. The van der Waals surface area contributed by atoms with Gasteiger partial charge in [-0.05, 0) is 75.5 Å². The number of nitrogens with one attached hydrogen (secondary N) is 5. The molecular weight excluding hydrogens is 624 g/mol. The van der Waals surface area contributed by atoms with Crippen molar-refractivity contribution >= 4 is 57.5 Å². The first-order valence-electron chi connectivity index (χ1n) is 16.4. The van der Waals surface area contributed by atoms with E-state index in [4.69, 9.17) is 4.74 Å². The van der Waals surface area contributed by atoms with Gasteiger partial charge in [-0.15, -0.1) is 0 Å². The van der Waals surface area contributed by atoms with Crippen LogP contribution in [-0.2, 0) is 21.4 Å². The Hall–Kier alpha value is -5.24. The van der Waals surface area contributed by atoms with Gasteiger partial charge in [0.1, 0.15) is 23.7 Å². The zero-order valence-electron chi connectivity index (χ0n) is 29.3. The van der Waals surface area contributed by atoms with Crippen LogP contribution in [0.25, 0.3) is 10.9 Å². The van der Waals surface area contributed by atoms with Crippen LogP contribution in [0, 0.1) is 12.3 Å². The summed E-state index contributed by atoms with van der Waals surface area (Å²) in [6, 6.07) is 11.0. The van der Waals surface area contributed by atoms with Crippen molar-refractivity contribution in [3.8, 4) is 5.75 Å². The van der Waals surface area contributed by atoms with E-state index < -0.39 is 23.5 Å². The molecule has 0 saturated carbocycles. The Morgan fingerprint density at radius 1 is 1.04 bits per heavy atom. The van der Waals surface area contributed by atoms with E-state index in [2.05, 4.69) is 41.7 Å². The zero-order valence-corrected chi connectivity index (χ0v) is 29.3. The molecule has 1 aliphatic heterocycles. The fraction of sp³-hybridized carbons (Fsp3) is 0.429. The topological polar surface area (TPSA) is 167 Å². The Bertz CT molecular complexity index is 1850. The number of rotatable bonds is 11. The number of methoxy groups -OCH3 is 1. The van der Waals surface area contributed by atoms with Crippen LogP contribution in [0.2, 0.25) is 0 Å². The van der Waals surface area contributed by atoms with Gasteiger partial charge in [-0.2, -0.15) is 10.1 Å². The summed E-state index contributed by atoms with van der Waals surface area (Å²) in [5.74, 6) is 0.541. The van der Waals surface area contributed by atoms with E-state index in [1.165, 1.54) is 7.11 Å². The highest BCUT2D eigenvalue weighted by Gasteiger charge is 2.42. The van der Waals surface area contributed by atoms with Gasteiger partial charge in [-0.1, -0.05) is 20.8 Å². The standard InChI is InChI=1S/C35H46N10O4/c1-20(36-6)31(46)42-30(35(3,4)5)33(48)45-17-9-10-27(45)32(47)39-23-12-14-25(28(19-23)49-8)40-34-37-16-15-29(41-34)38-22-11-13-24-21(2)44(7)43-26(24)18-22/h11-16,18-20,27,30,36H,9-10,17H2,1-8H3,(H,39,47)(H,42,46)(H2,37,38,40,41)/t20-,27+,30+/m0/s1. The maximum absolute atomic E-state index is 13.8. The third-order valence-electron chi connectivity index (χ3n) is 8.84. The molecule has 4 aromatic rings. The fourth-order valence-corrected chi connectivity index (χ4v) is 5.78. The van der Waals surface area contributed by atoms with Gasteiger partial charge in [0.25, 0.3) is 0 Å². The molecule has 14 heteroatoms. The number of carbonyl (C=O) groups excluding carboxylic acids is 3. The number of likely N-dealkylation sites (N-methyl/N-ethyl adjacent to an activating group) is 1. The lowest BCUT2D eigenvalue weighted by Crippen LogP contribution is -2.59. The SMILES string of the molecule is CN[C@@H](C)C(=O)N[C@H](C(=O)N1CCC[C@@H]1C(=O)Nc1ccc(Nc2nccc(Nc3ccc4c(C)n(C)nc4c3)n2)c(OC)c1)C(C)(C)C. The molecule has 0 bridgehead atoms. The van der Waals surface area contributed by atoms with E-state index in [0.29, 0.717) is 48.3 Å². The molecule has 1 aliphatic rings. The lowest BCUT2D eigenvalue weighted by molar-refractivity contribution is -0.143. The monoisotopic (exact) mass is 670 g/mol. The van der Waals surface area contributed by atoms with Gasteiger partial charge in [-0.25, -0.2) is 4.98 Å². The van der Waals surface area contributed by atoms with Crippen molar-refractivity contribution in [2.45, 2.75) is 65.6 Å². The third-order valence-corrected chi connectivity index (χ3v) is 8.84. The van der Waals surface area contributed by atoms with Gasteiger partial charge in [0, 0.05) is 48.3 Å². The van der Waals surface area contributed by atoms with Crippen molar-refractivity contribution in [3.05, 3.63) is 54.4 Å². The number of aryl methyl sites for hydroxylation is 2. The number of benzene rings is 2. The quantitative estimate of drug-likeness (QED) is 0.156. The molecule has 3 atom stereocenters. The second kappa shape index (κ2) is 14.5. The molecule has 1 saturated heterocycles. The average Bonchev–Trinajstić information content (AvgIpc) is 3.67. The second-order valence-corrected chi connectivity index (χ2v) is 13.4. The Kier molecular flexibility index (Phi) is 10.4. The molecule has 260 valence electrons. The maximum Gasteiger partial charge on any atom is 0.247 e. The van der Waals surface area contributed by atoms with Crippen LogP contribution in [0.1, 0.15) is 46.2 Å². The minimum atomic E-state index is -0.792. The molecule has 0 radical (unpaired) electrons. The van der Waals surface area contributed by atoms with E-state index in [-0.39, 0.29) is 17.7 Å². The van der Waals surface area contributed by atoms with Crippen molar-refractivity contribution in [3.63, 3.8) is 0 Å². The third kappa shape index (κ3) is 7.91. The van der Waals surface area contributed by atoms with Crippen LogP contribution in [-0.4, -0.2) is 81.2 Å². The highest BCUT2D eigenvalue weighted by Crippen LogP contribution is 2.32. The highest BCUT2D eigenvalue weighted by molar-refractivity contribution is 5.99. The van der Waals surface area contributed by atoms with E-state index in [1.54, 1.807) is 49.3 Å². The first-order chi connectivity index (χ1) is 23.3. The molecule has 2 aromatic carbocycles. The number of anilines is 5. The summed E-state index contributed by atoms with van der Waals surface area (Å²) in [6.07, 6.45) is 2.84. The molecule has 0 unspecified atom stereocenters. The summed E-state index contributed by atoms with van der Waals surface area (Å²) in [7, 11) is 5.14. The van der Waals surface area contributed by atoms with Gasteiger partial charge >= 0.3 is 0 Å². The van der Waals surface area contributed by atoms with Crippen LogP contribution >= 0.6 is 0 Å². The van der Waals surface area contributed by atoms with E-state index in [0.717, 1.165) is 22.3 Å². The van der Waals surface area contributed by atoms with Crippen LogP contribution in [0.3, 0.4) is 0 Å². The Labute approximate surface area is 286 Å². The largest absolute Gasteiger partial charge is 0.494 e.